The smallest absolute Gasteiger partial charge is 0.0504 e. The summed E-state index contributed by atoms with van der Waals surface area (Å²) in [7, 11) is 0. The minimum absolute atomic E-state index is 0.163. The van der Waals surface area contributed by atoms with Gasteiger partial charge < -0.3 is 5.73 Å². The summed E-state index contributed by atoms with van der Waals surface area (Å²) in [5.41, 5.74) is 9.37. The van der Waals surface area contributed by atoms with Crippen molar-refractivity contribution < 1.29 is 0 Å². The van der Waals surface area contributed by atoms with E-state index in [0.29, 0.717) is 6.04 Å². The Balaban J connectivity index is 2.40. The third kappa shape index (κ3) is 3.37. The molecule has 2 heteroatoms. The molecule has 2 unspecified atom stereocenters. The van der Waals surface area contributed by atoms with E-state index in [0.717, 1.165) is 13.0 Å². The fraction of sp³-hybridized carbons (Fsp3) is 0.647. The lowest BCUT2D eigenvalue weighted by Crippen LogP contribution is -2.49. The first-order valence-electron chi connectivity index (χ1n) is 7.48. The predicted molar refractivity (Wildman–Crippen MR) is 82.2 cm³/mol. The average molecular weight is 260 g/mol. The molecular weight excluding hydrogens is 232 g/mol. The largest absolute Gasteiger partial charge is 0.326 e. The molecule has 1 heterocycles. The van der Waals surface area contributed by atoms with Gasteiger partial charge in [-0.15, -0.1) is 0 Å². The van der Waals surface area contributed by atoms with Gasteiger partial charge >= 0.3 is 0 Å². The van der Waals surface area contributed by atoms with E-state index in [1.165, 1.54) is 24.0 Å². The van der Waals surface area contributed by atoms with Crippen LogP contribution < -0.4 is 5.73 Å². The molecular formula is C17H28N2. The SMILES string of the molecule is Cc1cccc(C2C(N)CCCCN2C(C)(C)C)c1. The quantitative estimate of drug-likeness (QED) is 0.835. The molecule has 1 aliphatic rings. The number of aryl methyl sites for hydroxylation is 1. The summed E-state index contributed by atoms with van der Waals surface area (Å²) >= 11 is 0. The molecule has 0 spiro atoms. The first-order valence-corrected chi connectivity index (χ1v) is 7.48. The second-order valence-electron chi connectivity index (χ2n) is 6.88. The number of hydrogen-bond donors (Lipinski definition) is 1. The maximum atomic E-state index is 6.51. The topological polar surface area (TPSA) is 29.3 Å². The van der Waals surface area contributed by atoms with Crippen molar-refractivity contribution in [3.8, 4) is 0 Å². The molecule has 0 radical (unpaired) electrons. The van der Waals surface area contributed by atoms with Gasteiger partial charge in [-0.2, -0.15) is 0 Å². The fourth-order valence-corrected chi connectivity index (χ4v) is 3.22. The van der Waals surface area contributed by atoms with Crippen LogP contribution in [0.4, 0.5) is 0 Å². The minimum Gasteiger partial charge on any atom is -0.326 e. The Labute approximate surface area is 118 Å². The highest BCUT2D eigenvalue weighted by Crippen LogP contribution is 2.34. The Morgan fingerprint density at radius 3 is 2.58 bits per heavy atom. The number of likely N-dealkylation sites (tertiary alicyclic amines) is 1. The zero-order valence-corrected chi connectivity index (χ0v) is 12.8. The highest BCUT2D eigenvalue weighted by Gasteiger charge is 2.34. The van der Waals surface area contributed by atoms with E-state index in [2.05, 4.69) is 56.9 Å². The lowest BCUT2D eigenvalue weighted by molar-refractivity contribution is 0.0755. The lowest BCUT2D eigenvalue weighted by Gasteiger charge is -2.43. The van der Waals surface area contributed by atoms with Crippen LogP contribution in [0.25, 0.3) is 0 Å². The summed E-state index contributed by atoms with van der Waals surface area (Å²) in [6, 6.07) is 9.44. The number of benzene rings is 1. The number of nitrogens with zero attached hydrogens (tertiary/aromatic N) is 1. The Kier molecular flexibility index (Phi) is 4.32. The molecule has 1 aromatic rings. The Morgan fingerprint density at radius 2 is 1.95 bits per heavy atom. The summed E-state index contributed by atoms with van der Waals surface area (Å²) in [6.45, 7) is 10.2. The van der Waals surface area contributed by atoms with Crippen molar-refractivity contribution in [2.75, 3.05) is 6.54 Å². The van der Waals surface area contributed by atoms with Gasteiger partial charge in [-0.1, -0.05) is 36.2 Å². The molecule has 1 aliphatic heterocycles. The molecule has 0 aromatic heterocycles. The zero-order valence-electron chi connectivity index (χ0n) is 12.8. The van der Waals surface area contributed by atoms with Crippen LogP contribution in [0.3, 0.4) is 0 Å². The maximum Gasteiger partial charge on any atom is 0.0504 e. The molecule has 0 amide bonds. The molecule has 2 nitrogen and oxygen atoms in total. The second kappa shape index (κ2) is 5.64. The van der Waals surface area contributed by atoms with Crippen molar-refractivity contribution in [1.29, 1.82) is 0 Å². The van der Waals surface area contributed by atoms with Crippen molar-refractivity contribution in [1.82, 2.24) is 4.90 Å². The number of nitrogens with two attached hydrogens (primary N) is 1. The molecule has 2 N–H and O–H groups in total. The van der Waals surface area contributed by atoms with E-state index in [9.17, 15) is 0 Å². The maximum absolute atomic E-state index is 6.51. The van der Waals surface area contributed by atoms with Crippen LogP contribution in [0.2, 0.25) is 0 Å². The van der Waals surface area contributed by atoms with E-state index < -0.39 is 0 Å². The molecule has 0 aliphatic carbocycles. The standard InChI is InChI=1S/C17H28N2/c1-13-8-7-9-14(12-13)16-15(18)10-5-6-11-19(16)17(2,3)4/h7-9,12,15-16H,5-6,10-11,18H2,1-4H3. The van der Waals surface area contributed by atoms with Crippen LogP contribution >= 0.6 is 0 Å². The summed E-state index contributed by atoms with van der Waals surface area (Å²) in [5, 5.41) is 0. The minimum atomic E-state index is 0.163. The van der Waals surface area contributed by atoms with Gasteiger partial charge in [0.2, 0.25) is 0 Å². The Bertz CT molecular complexity index is 420. The van der Waals surface area contributed by atoms with E-state index in [1.54, 1.807) is 0 Å². The van der Waals surface area contributed by atoms with Gasteiger partial charge in [0.05, 0.1) is 6.04 Å². The van der Waals surface area contributed by atoms with Gasteiger partial charge in [0.25, 0.3) is 0 Å². The van der Waals surface area contributed by atoms with E-state index in [1.807, 2.05) is 0 Å². The highest BCUT2D eigenvalue weighted by atomic mass is 15.2. The summed E-state index contributed by atoms with van der Waals surface area (Å²) < 4.78 is 0. The van der Waals surface area contributed by atoms with Crippen LogP contribution in [-0.4, -0.2) is 23.0 Å². The molecule has 19 heavy (non-hydrogen) atoms. The average Bonchev–Trinajstić information content (AvgIpc) is 2.50. The van der Waals surface area contributed by atoms with Gasteiger partial charge in [0.15, 0.2) is 0 Å². The van der Waals surface area contributed by atoms with E-state index in [4.69, 9.17) is 5.73 Å². The van der Waals surface area contributed by atoms with Gasteiger partial charge in [-0.25, -0.2) is 0 Å². The molecule has 1 fully saturated rings. The second-order valence-corrected chi connectivity index (χ2v) is 6.88. The molecule has 106 valence electrons. The molecule has 2 atom stereocenters. The predicted octanol–water partition coefficient (Wildman–Crippen LogP) is 3.65. The lowest BCUT2D eigenvalue weighted by atomic mass is 9.92. The van der Waals surface area contributed by atoms with Crippen LogP contribution in [0.1, 0.15) is 57.2 Å². The van der Waals surface area contributed by atoms with Gasteiger partial charge in [0, 0.05) is 11.6 Å². The monoisotopic (exact) mass is 260 g/mol. The van der Waals surface area contributed by atoms with Gasteiger partial charge in [-0.05, 0) is 52.6 Å². The molecule has 1 saturated heterocycles. The van der Waals surface area contributed by atoms with E-state index >= 15 is 0 Å². The Morgan fingerprint density at radius 1 is 1.21 bits per heavy atom. The highest BCUT2D eigenvalue weighted by molar-refractivity contribution is 5.27. The van der Waals surface area contributed by atoms with Crippen molar-refractivity contribution in [3.05, 3.63) is 35.4 Å². The van der Waals surface area contributed by atoms with Gasteiger partial charge in [-0.3, -0.25) is 4.90 Å². The first-order chi connectivity index (χ1) is 8.89. The van der Waals surface area contributed by atoms with Crippen LogP contribution in [-0.2, 0) is 0 Å². The summed E-state index contributed by atoms with van der Waals surface area (Å²) in [5.74, 6) is 0. The molecule has 0 saturated carbocycles. The summed E-state index contributed by atoms with van der Waals surface area (Å²) in [6.07, 6.45) is 3.63. The molecule has 2 rings (SSSR count). The van der Waals surface area contributed by atoms with Gasteiger partial charge in [0.1, 0.15) is 0 Å². The molecule has 1 aromatic carbocycles. The normalized spacial score (nSPS) is 26.2. The van der Waals surface area contributed by atoms with Crippen LogP contribution in [0, 0.1) is 6.92 Å². The van der Waals surface area contributed by atoms with Crippen molar-refractivity contribution in [3.63, 3.8) is 0 Å². The third-order valence-corrected chi connectivity index (χ3v) is 4.17. The third-order valence-electron chi connectivity index (χ3n) is 4.17. The van der Waals surface area contributed by atoms with Crippen molar-refractivity contribution >= 4 is 0 Å². The first kappa shape index (κ1) is 14.5. The summed E-state index contributed by atoms with van der Waals surface area (Å²) in [4.78, 5) is 2.60. The van der Waals surface area contributed by atoms with E-state index in [-0.39, 0.29) is 11.6 Å². The van der Waals surface area contributed by atoms with Crippen LogP contribution in [0.5, 0.6) is 0 Å². The van der Waals surface area contributed by atoms with Crippen molar-refractivity contribution in [2.45, 2.75) is 64.6 Å². The number of rotatable bonds is 1. The Hall–Kier alpha value is -0.860. The van der Waals surface area contributed by atoms with Crippen LogP contribution in [0.15, 0.2) is 24.3 Å². The van der Waals surface area contributed by atoms with Crippen molar-refractivity contribution in [2.24, 2.45) is 5.73 Å². The number of hydrogen-bond acceptors (Lipinski definition) is 2. The fourth-order valence-electron chi connectivity index (χ4n) is 3.22. The zero-order chi connectivity index (χ0) is 14.0. The molecule has 0 bridgehead atoms.